The highest BCUT2D eigenvalue weighted by Gasteiger charge is 2.00. The van der Waals surface area contributed by atoms with E-state index in [-0.39, 0.29) is 11.3 Å². The summed E-state index contributed by atoms with van der Waals surface area (Å²) in [6, 6.07) is 8.23. The van der Waals surface area contributed by atoms with Crippen molar-refractivity contribution in [1.82, 2.24) is 0 Å². The number of benzene rings is 1. The second-order valence-electron chi connectivity index (χ2n) is 2.48. The van der Waals surface area contributed by atoms with E-state index >= 15 is 0 Å². The number of phenols is 1. The molecule has 14 heavy (non-hydrogen) atoms. The van der Waals surface area contributed by atoms with E-state index in [2.05, 4.69) is 15.9 Å². The van der Waals surface area contributed by atoms with Gasteiger partial charge in [-0.3, -0.25) is 0 Å². The Morgan fingerprint density at radius 2 is 2.00 bits per heavy atom. The lowest BCUT2D eigenvalue weighted by Gasteiger charge is -1.98. The predicted octanol–water partition coefficient (Wildman–Crippen LogP) is 2.59. The minimum absolute atomic E-state index is 0.0381. The lowest BCUT2D eigenvalue weighted by atomic mass is 10.1. The lowest BCUT2D eigenvalue weighted by molar-refractivity contribution is 0.474. The van der Waals surface area contributed by atoms with Gasteiger partial charge < -0.3 is 5.11 Å². The molecule has 0 bridgehead atoms. The summed E-state index contributed by atoms with van der Waals surface area (Å²) in [5.74, 6) is 0.0381. The minimum Gasteiger partial charge on any atom is -0.507 e. The van der Waals surface area contributed by atoms with Gasteiger partial charge in [0.1, 0.15) is 23.5 Å². The number of allylic oxidation sites excluding steroid dienone is 1. The fourth-order valence-electron chi connectivity index (χ4n) is 0.886. The van der Waals surface area contributed by atoms with Crippen molar-refractivity contribution < 1.29 is 5.11 Å². The number of halogens is 1. The highest BCUT2D eigenvalue weighted by Crippen LogP contribution is 2.23. The average Bonchev–Trinajstić information content (AvgIpc) is 2.19. The third-order valence-electron chi connectivity index (χ3n) is 1.53. The summed E-state index contributed by atoms with van der Waals surface area (Å²) in [4.78, 5) is 0. The van der Waals surface area contributed by atoms with Gasteiger partial charge in [0, 0.05) is 10.0 Å². The first kappa shape index (κ1) is 10.3. The molecule has 0 saturated heterocycles. The molecule has 0 atom stereocenters. The molecule has 1 N–H and O–H groups in total. The summed E-state index contributed by atoms with van der Waals surface area (Å²) in [5.41, 5.74) is 0.399. The fraction of sp³-hybridized carbons (Fsp3) is 0. The Balaban J connectivity index is 3.22. The number of aromatic hydroxyl groups is 1. The Bertz CT molecular complexity index is 450. The van der Waals surface area contributed by atoms with Crippen LogP contribution < -0.4 is 0 Å². The highest BCUT2D eigenvalue weighted by molar-refractivity contribution is 9.10. The van der Waals surface area contributed by atoms with Crippen LogP contribution in [0.5, 0.6) is 5.75 Å². The van der Waals surface area contributed by atoms with Crippen LogP contribution in [0.2, 0.25) is 0 Å². The molecule has 0 aliphatic carbocycles. The summed E-state index contributed by atoms with van der Waals surface area (Å²) < 4.78 is 0.775. The van der Waals surface area contributed by atoms with Gasteiger partial charge in [0.2, 0.25) is 0 Å². The average molecular weight is 249 g/mol. The van der Waals surface area contributed by atoms with Crippen LogP contribution in [0.15, 0.2) is 28.2 Å². The topological polar surface area (TPSA) is 67.8 Å². The van der Waals surface area contributed by atoms with E-state index in [0.29, 0.717) is 5.56 Å². The molecule has 0 aromatic heterocycles. The van der Waals surface area contributed by atoms with Crippen LogP contribution in [0.4, 0.5) is 0 Å². The Hall–Kier alpha value is -1.78. The molecule has 68 valence electrons. The van der Waals surface area contributed by atoms with Crippen molar-refractivity contribution in [1.29, 1.82) is 10.5 Å². The zero-order chi connectivity index (χ0) is 10.6. The normalized spacial score (nSPS) is 8.50. The van der Waals surface area contributed by atoms with Crippen LogP contribution in [0, 0.1) is 22.7 Å². The van der Waals surface area contributed by atoms with Crippen molar-refractivity contribution >= 4 is 22.0 Å². The van der Waals surface area contributed by atoms with Crippen LogP contribution in [-0.2, 0) is 0 Å². The lowest BCUT2D eigenvalue weighted by Crippen LogP contribution is -1.78. The van der Waals surface area contributed by atoms with Crippen molar-refractivity contribution in [2.24, 2.45) is 0 Å². The third kappa shape index (κ3) is 2.35. The molecule has 0 fully saturated rings. The van der Waals surface area contributed by atoms with E-state index in [9.17, 15) is 5.11 Å². The molecule has 0 unspecified atom stereocenters. The van der Waals surface area contributed by atoms with Crippen LogP contribution >= 0.6 is 15.9 Å². The molecule has 0 saturated carbocycles. The van der Waals surface area contributed by atoms with Crippen LogP contribution in [-0.4, -0.2) is 5.11 Å². The molecule has 1 rings (SSSR count). The standard InChI is InChI=1S/C10H5BrN2O/c11-9-1-2-10(14)8(4-9)3-7(5-12)6-13/h1-4,14H. The number of nitriles is 2. The summed E-state index contributed by atoms with van der Waals surface area (Å²) in [7, 11) is 0. The van der Waals surface area contributed by atoms with Gasteiger partial charge >= 0.3 is 0 Å². The molecule has 0 spiro atoms. The summed E-state index contributed by atoms with van der Waals surface area (Å²) in [5, 5.41) is 26.4. The predicted molar refractivity (Wildman–Crippen MR) is 55.0 cm³/mol. The quantitative estimate of drug-likeness (QED) is 0.777. The van der Waals surface area contributed by atoms with Crippen molar-refractivity contribution in [3.8, 4) is 17.9 Å². The van der Waals surface area contributed by atoms with Gasteiger partial charge in [0.15, 0.2) is 0 Å². The number of hydrogen-bond donors (Lipinski definition) is 1. The van der Waals surface area contributed by atoms with Crippen LogP contribution in [0.3, 0.4) is 0 Å². The molecule has 3 nitrogen and oxygen atoms in total. The van der Waals surface area contributed by atoms with Gasteiger partial charge in [0.05, 0.1) is 0 Å². The first-order valence-electron chi connectivity index (χ1n) is 3.68. The van der Waals surface area contributed by atoms with E-state index in [4.69, 9.17) is 10.5 Å². The van der Waals surface area contributed by atoms with Gasteiger partial charge in [-0.05, 0) is 24.3 Å². The second kappa shape index (κ2) is 4.45. The van der Waals surface area contributed by atoms with Crippen LogP contribution in [0.25, 0.3) is 6.08 Å². The van der Waals surface area contributed by atoms with Crippen molar-refractivity contribution in [3.05, 3.63) is 33.8 Å². The first-order valence-corrected chi connectivity index (χ1v) is 4.47. The molecular weight excluding hydrogens is 244 g/mol. The van der Waals surface area contributed by atoms with Crippen molar-refractivity contribution in [2.45, 2.75) is 0 Å². The zero-order valence-electron chi connectivity index (χ0n) is 7.03. The zero-order valence-corrected chi connectivity index (χ0v) is 8.62. The van der Waals surface area contributed by atoms with E-state index in [1.54, 1.807) is 24.3 Å². The molecule has 0 heterocycles. The van der Waals surface area contributed by atoms with Crippen LogP contribution in [0.1, 0.15) is 5.56 Å². The Kier molecular flexibility index (Phi) is 3.28. The summed E-state index contributed by atoms with van der Waals surface area (Å²) >= 11 is 3.22. The number of rotatable bonds is 1. The Morgan fingerprint density at radius 1 is 1.36 bits per heavy atom. The van der Waals surface area contributed by atoms with Crippen molar-refractivity contribution in [2.75, 3.05) is 0 Å². The second-order valence-corrected chi connectivity index (χ2v) is 3.40. The Labute approximate surface area is 89.6 Å². The van der Waals surface area contributed by atoms with E-state index in [0.717, 1.165) is 4.47 Å². The fourth-order valence-corrected chi connectivity index (χ4v) is 1.26. The van der Waals surface area contributed by atoms with Gasteiger partial charge in [-0.2, -0.15) is 10.5 Å². The first-order chi connectivity index (χ1) is 6.67. The minimum atomic E-state index is -0.0431. The summed E-state index contributed by atoms with van der Waals surface area (Å²) in [6.45, 7) is 0. The molecule has 0 radical (unpaired) electrons. The number of nitrogens with zero attached hydrogens (tertiary/aromatic N) is 2. The highest BCUT2D eigenvalue weighted by atomic mass is 79.9. The molecule has 0 aliphatic heterocycles. The number of phenolic OH excluding ortho intramolecular Hbond substituents is 1. The largest absolute Gasteiger partial charge is 0.507 e. The SMILES string of the molecule is N#CC(C#N)=Cc1cc(Br)ccc1O. The molecule has 1 aromatic carbocycles. The number of hydrogen-bond acceptors (Lipinski definition) is 3. The van der Waals surface area contributed by atoms with E-state index in [1.807, 2.05) is 0 Å². The molecule has 4 heteroatoms. The maximum absolute atomic E-state index is 9.39. The van der Waals surface area contributed by atoms with Gasteiger partial charge in [-0.15, -0.1) is 0 Å². The monoisotopic (exact) mass is 248 g/mol. The maximum Gasteiger partial charge on any atom is 0.130 e. The maximum atomic E-state index is 9.39. The van der Waals surface area contributed by atoms with Gasteiger partial charge in [0.25, 0.3) is 0 Å². The van der Waals surface area contributed by atoms with E-state index in [1.165, 1.54) is 12.1 Å². The Morgan fingerprint density at radius 3 is 2.57 bits per heavy atom. The van der Waals surface area contributed by atoms with Gasteiger partial charge in [-0.1, -0.05) is 15.9 Å². The molecule has 0 amide bonds. The van der Waals surface area contributed by atoms with Gasteiger partial charge in [-0.25, -0.2) is 0 Å². The van der Waals surface area contributed by atoms with Crippen molar-refractivity contribution in [3.63, 3.8) is 0 Å². The third-order valence-corrected chi connectivity index (χ3v) is 2.02. The van der Waals surface area contributed by atoms with E-state index < -0.39 is 0 Å². The summed E-state index contributed by atoms with van der Waals surface area (Å²) in [6.07, 6.45) is 1.33. The molecular formula is C10H5BrN2O. The smallest absolute Gasteiger partial charge is 0.130 e. The molecule has 0 aliphatic rings. The molecule has 1 aromatic rings.